The van der Waals surface area contributed by atoms with Gasteiger partial charge in [-0.3, -0.25) is 14.9 Å². The Balaban J connectivity index is 1.42. The van der Waals surface area contributed by atoms with Crippen LogP contribution in [-0.4, -0.2) is 16.9 Å². The lowest BCUT2D eigenvalue weighted by atomic mass is 10.1. The molecule has 1 aromatic heterocycles. The lowest BCUT2D eigenvalue weighted by molar-refractivity contribution is 0.0951. The maximum Gasteiger partial charge on any atom is 0.293 e. The third-order valence-corrected chi connectivity index (χ3v) is 5.58. The van der Waals surface area contributed by atoms with Crippen molar-refractivity contribution in [1.82, 2.24) is 5.32 Å². The van der Waals surface area contributed by atoms with E-state index >= 15 is 0 Å². The van der Waals surface area contributed by atoms with E-state index in [0.29, 0.717) is 27.5 Å². The number of carbonyl (C=O) groups excluding carboxylic acids is 2. The molecular weight excluding hydrogens is 481 g/mol. The Morgan fingerprint density at radius 1 is 0.879 bits per heavy atom. The zero-order chi connectivity index (χ0) is 23.5. The third kappa shape index (κ3) is 5.17. The van der Waals surface area contributed by atoms with Gasteiger partial charge < -0.3 is 15.1 Å². The molecule has 166 valence electrons. The predicted octanol–water partition coefficient (Wildman–Crippen LogP) is 6.43. The summed E-state index contributed by atoms with van der Waals surface area (Å²) in [6.07, 6.45) is 0. The topological polar surface area (TPSA) is 83.4 Å². The van der Waals surface area contributed by atoms with E-state index in [1.165, 1.54) is 6.07 Å². The SMILES string of the molecule is Cc1c(C(=O)NC(=S)Nc2cccc(NC(=O)c3ccc(Cl)cc3Cl)c2)oc2ccccc12. The van der Waals surface area contributed by atoms with Crippen LogP contribution in [0.15, 0.2) is 71.1 Å². The first kappa shape index (κ1) is 22.8. The summed E-state index contributed by atoms with van der Waals surface area (Å²) in [6, 6.07) is 18.9. The number of carbonyl (C=O) groups is 2. The Bertz CT molecular complexity index is 1400. The molecule has 0 unspecified atom stereocenters. The first-order chi connectivity index (χ1) is 15.8. The summed E-state index contributed by atoms with van der Waals surface area (Å²) < 4.78 is 5.67. The van der Waals surface area contributed by atoms with E-state index in [0.717, 1.165) is 10.9 Å². The molecule has 4 rings (SSSR count). The smallest absolute Gasteiger partial charge is 0.293 e. The van der Waals surface area contributed by atoms with Gasteiger partial charge in [-0.15, -0.1) is 0 Å². The van der Waals surface area contributed by atoms with Crippen molar-refractivity contribution in [1.29, 1.82) is 0 Å². The number of nitrogens with one attached hydrogen (secondary N) is 3. The molecule has 0 spiro atoms. The highest BCUT2D eigenvalue weighted by atomic mass is 35.5. The van der Waals surface area contributed by atoms with Crippen LogP contribution in [0, 0.1) is 6.92 Å². The van der Waals surface area contributed by atoms with Gasteiger partial charge in [-0.05, 0) is 61.6 Å². The van der Waals surface area contributed by atoms with Crippen LogP contribution in [0.1, 0.15) is 26.5 Å². The Hall–Kier alpha value is -3.39. The summed E-state index contributed by atoms with van der Waals surface area (Å²) in [7, 11) is 0. The number of hydrogen-bond donors (Lipinski definition) is 3. The second kappa shape index (κ2) is 9.62. The summed E-state index contributed by atoms with van der Waals surface area (Å²) >= 11 is 17.3. The van der Waals surface area contributed by atoms with Gasteiger partial charge in [0.2, 0.25) is 0 Å². The Labute approximate surface area is 204 Å². The second-order valence-electron chi connectivity index (χ2n) is 7.12. The number of anilines is 2. The highest BCUT2D eigenvalue weighted by Crippen LogP contribution is 2.25. The molecule has 0 radical (unpaired) electrons. The number of fused-ring (bicyclic) bond motifs is 1. The van der Waals surface area contributed by atoms with Gasteiger partial charge in [0.25, 0.3) is 11.8 Å². The molecule has 4 aromatic rings. The van der Waals surface area contributed by atoms with Crippen molar-refractivity contribution >= 4 is 74.7 Å². The minimum absolute atomic E-state index is 0.0871. The molecule has 1 heterocycles. The number of amides is 2. The molecule has 2 amide bonds. The number of rotatable bonds is 4. The number of hydrogen-bond acceptors (Lipinski definition) is 4. The van der Waals surface area contributed by atoms with E-state index in [1.54, 1.807) is 42.5 Å². The molecule has 9 heteroatoms. The molecule has 0 aliphatic heterocycles. The quantitative estimate of drug-likeness (QED) is 0.283. The Morgan fingerprint density at radius 3 is 2.33 bits per heavy atom. The van der Waals surface area contributed by atoms with Gasteiger partial charge >= 0.3 is 0 Å². The lowest BCUT2D eigenvalue weighted by Gasteiger charge is -2.11. The predicted molar refractivity (Wildman–Crippen MR) is 135 cm³/mol. The van der Waals surface area contributed by atoms with Crippen LogP contribution in [0.2, 0.25) is 10.0 Å². The van der Waals surface area contributed by atoms with Crippen LogP contribution in [0.3, 0.4) is 0 Å². The molecule has 0 bridgehead atoms. The van der Waals surface area contributed by atoms with Crippen molar-refractivity contribution in [2.24, 2.45) is 0 Å². The van der Waals surface area contributed by atoms with E-state index in [-0.39, 0.29) is 21.8 Å². The summed E-state index contributed by atoms with van der Waals surface area (Å²) in [5, 5.41) is 9.96. The van der Waals surface area contributed by atoms with Crippen LogP contribution in [0.4, 0.5) is 11.4 Å². The molecule has 0 aliphatic rings. The van der Waals surface area contributed by atoms with Crippen molar-refractivity contribution in [3.8, 4) is 0 Å². The average molecular weight is 498 g/mol. The van der Waals surface area contributed by atoms with Crippen LogP contribution in [0.5, 0.6) is 0 Å². The molecule has 3 N–H and O–H groups in total. The normalized spacial score (nSPS) is 10.6. The fraction of sp³-hybridized carbons (Fsp3) is 0.0417. The van der Waals surface area contributed by atoms with E-state index in [9.17, 15) is 9.59 Å². The molecule has 0 fully saturated rings. The minimum atomic E-state index is -0.456. The highest BCUT2D eigenvalue weighted by molar-refractivity contribution is 7.80. The van der Waals surface area contributed by atoms with Crippen molar-refractivity contribution < 1.29 is 14.0 Å². The largest absolute Gasteiger partial charge is 0.451 e. The summed E-state index contributed by atoms with van der Waals surface area (Å²) in [5.74, 6) is -0.644. The first-order valence-electron chi connectivity index (χ1n) is 9.79. The van der Waals surface area contributed by atoms with Crippen molar-refractivity contribution in [3.05, 3.63) is 93.7 Å². The Morgan fingerprint density at radius 2 is 1.61 bits per heavy atom. The summed E-state index contributed by atoms with van der Waals surface area (Å²) in [6.45, 7) is 1.82. The summed E-state index contributed by atoms with van der Waals surface area (Å²) in [4.78, 5) is 25.2. The van der Waals surface area contributed by atoms with Crippen LogP contribution >= 0.6 is 35.4 Å². The number of thiocarbonyl (C=S) groups is 1. The molecule has 6 nitrogen and oxygen atoms in total. The highest BCUT2D eigenvalue weighted by Gasteiger charge is 2.18. The fourth-order valence-corrected chi connectivity index (χ4v) is 3.96. The minimum Gasteiger partial charge on any atom is -0.451 e. The van der Waals surface area contributed by atoms with Crippen LogP contribution < -0.4 is 16.0 Å². The standard InChI is InChI=1S/C24H17Cl2N3O3S/c1-13-17-7-2-3-8-20(17)32-21(13)23(31)29-24(33)28-16-6-4-5-15(12-16)27-22(30)18-10-9-14(25)11-19(18)26/h2-12H,1H3,(H,27,30)(H2,28,29,31,33). The van der Waals surface area contributed by atoms with E-state index in [2.05, 4.69) is 16.0 Å². The molecule has 0 atom stereocenters. The number of halogens is 2. The van der Waals surface area contributed by atoms with Crippen molar-refractivity contribution in [2.75, 3.05) is 10.6 Å². The molecule has 0 aliphatic carbocycles. The van der Waals surface area contributed by atoms with Gasteiger partial charge in [-0.1, -0.05) is 47.5 Å². The lowest BCUT2D eigenvalue weighted by Crippen LogP contribution is -2.34. The van der Waals surface area contributed by atoms with Crippen LogP contribution in [-0.2, 0) is 0 Å². The van der Waals surface area contributed by atoms with E-state index in [1.807, 2.05) is 25.1 Å². The number of benzene rings is 3. The zero-order valence-electron chi connectivity index (χ0n) is 17.2. The molecular formula is C24H17Cl2N3O3S. The summed E-state index contributed by atoms with van der Waals surface area (Å²) in [5.41, 5.74) is 2.74. The molecule has 33 heavy (non-hydrogen) atoms. The van der Waals surface area contributed by atoms with Gasteiger partial charge in [-0.25, -0.2) is 0 Å². The van der Waals surface area contributed by atoms with Gasteiger partial charge in [0.1, 0.15) is 5.58 Å². The molecule has 0 saturated heterocycles. The van der Waals surface area contributed by atoms with E-state index < -0.39 is 5.91 Å². The van der Waals surface area contributed by atoms with Gasteiger partial charge in [0, 0.05) is 27.3 Å². The van der Waals surface area contributed by atoms with Crippen molar-refractivity contribution in [2.45, 2.75) is 6.92 Å². The first-order valence-corrected chi connectivity index (χ1v) is 10.9. The maximum absolute atomic E-state index is 12.6. The van der Waals surface area contributed by atoms with Crippen LogP contribution in [0.25, 0.3) is 11.0 Å². The average Bonchev–Trinajstić information content (AvgIpc) is 3.10. The third-order valence-electron chi connectivity index (χ3n) is 4.83. The second-order valence-corrected chi connectivity index (χ2v) is 8.37. The fourth-order valence-electron chi connectivity index (χ4n) is 3.26. The number of aryl methyl sites for hydroxylation is 1. The number of para-hydroxylation sites is 1. The van der Waals surface area contributed by atoms with Gasteiger partial charge in [0.15, 0.2) is 10.9 Å². The maximum atomic E-state index is 12.6. The molecule has 3 aromatic carbocycles. The number of furan rings is 1. The van der Waals surface area contributed by atoms with Gasteiger partial charge in [-0.2, -0.15) is 0 Å². The Kier molecular flexibility index (Phi) is 6.65. The van der Waals surface area contributed by atoms with E-state index in [4.69, 9.17) is 39.8 Å². The van der Waals surface area contributed by atoms with Crippen molar-refractivity contribution in [3.63, 3.8) is 0 Å². The zero-order valence-corrected chi connectivity index (χ0v) is 19.6. The molecule has 0 saturated carbocycles. The van der Waals surface area contributed by atoms with Gasteiger partial charge in [0.05, 0.1) is 10.6 Å². The monoisotopic (exact) mass is 497 g/mol.